The molecule has 24 heavy (non-hydrogen) atoms. The van der Waals surface area contributed by atoms with Gasteiger partial charge in [0, 0.05) is 10.9 Å². The van der Waals surface area contributed by atoms with Gasteiger partial charge in [-0.3, -0.25) is 4.68 Å². The van der Waals surface area contributed by atoms with Crippen molar-refractivity contribution in [3.63, 3.8) is 0 Å². The zero-order chi connectivity index (χ0) is 16.6. The fraction of sp³-hybridized carbons (Fsp3) is 0.647. The summed E-state index contributed by atoms with van der Waals surface area (Å²) in [5, 5.41) is 12.7. The summed E-state index contributed by atoms with van der Waals surface area (Å²) in [5.74, 6) is 0.768. The molecule has 1 saturated heterocycles. The van der Waals surface area contributed by atoms with Crippen molar-refractivity contribution < 1.29 is 9.31 Å². The molecule has 2 aromatic rings. The standard InChI is InChI=1S/C17H22BN3O2S/c1-15(2)13-4-6-16(3)17(15,8-13)23-18(22-16)11-21-9-14(19-20-21)12-5-7-24-10-12/h5,7,9-10,13H,4,6,8,11H2,1-3H3. The molecular weight excluding hydrogens is 321 g/mol. The van der Waals surface area contributed by atoms with E-state index < -0.39 is 0 Å². The lowest BCUT2D eigenvalue weighted by atomic mass is 9.41. The highest BCUT2D eigenvalue weighted by atomic mass is 32.1. The van der Waals surface area contributed by atoms with Crippen molar-refractivity contribution in [3.05, 3.63) is 23.0 Å². The minimum Gasteiger partial charge on any atom is -0.402 e. The summed E-state index contributed by atoms with van der Waals surface area (Å²) in [4.78, 5) is 0. The molecule has 3 saturated carbocycles. The second kappa shape index (κ2) is 4.71. The Morgan fingerprint density at radius 1 is 1.38 bits per heavy atom. The molecule has 3 atom stereocenters. The summed E-state index contributed by atoms with van der Waals surface area (Å²) in [7, 11) is -0.245. The van der Waals surface area contributed by atoms with E-state index >= 15 is 0 Å². The van der Waals surface area contributed by atoms with Crippen molar-refractivity contribution in [2.24, 2.45) is 11.3 Å². The van der Waals surface area contributed by atoms with Gasteiger partial charge in [-0.05, 0) is 49.0 Å². The van der Waals surface area contributed by atoms with Crippen LogP contribution in [0.1, 0.15) is 40.0 Å². The fourth-order valence-corrected chi connectivity index (χ4v) is 5.90. The molecule has 0 aromatic carbocycles. The van der Waals surface area contributed by atoms with Crippen molar-refractivity contribution in [2.45, 2.75) is 57.7 Å². The van der Waals surface area contributed by atoms with Crippen LogP contribution in [0.2, 0.25) is 0 Å². The molecule has 5 nitrogen and oxygen atoms in total. The highest BCUT2D eigenvalue weighted by Crippen LogP contribution is 2.70. The third-order valence-corrected chi connectivity index (χ3v) is 7.52. The van der Waals surface area contributed by atoms with Crippen LogP contribution < -0.4 is 0 Å². The first-order chi connectivity index (χ1) is 11.4. The Balaban J connectivity index is 1.37. The number of fused-ring (bicyclic) bond motifs is 1. The van der Waals surface area contributed by atoms with E-state index in [2.05, 4.69) is 47.9 Å². The van der Waals surface area contributed by atoms with Crippen molar-refractivity contribution >= 4 is 18.5 Å². The van der Waals surface area contributed by atoms with Crippen LogP contribution in [-0.2, 0) is 15.8 Å². The second-order valence-corrected chi connectivity index (χ2v) is 9.00. The summed E-state index contributed by atoms with van der Waals surface area (Å²) in [6, 6.07) is 2.06. The summed E-state index contributed by atoms with van der Waals surface area (Å²) in [6.45, 7) is 6.92. The first kappa shape index (κ1) is 15.1. The SMILES string of the molecule is CC12CCC3CC1(OB(Cn1cc(-c4ccsc4)nn1)O2)C3(C)C. The monoisotopic (exact) mass is 343 g/mol. The lowest BCUT2D eigenvalue weighted by molar-refractivity contribution is -0.257. The maximum absolute atomic E-state index is 6.53. The Morgan fingerprint density at radius 2 is 2.25 bits per heavy atom. The van der Waals surface area contributed by atoms with Crippen LogP contribution in [0.5, 0.6) is 0 Å². The first-order valence-electron chi connectivity index (χ1n) is 8.72. The lowest BCUT2D eigenvalue weighted by Gasteiger charge is -2.69. The number of rotatable bonds is 3. The van der Waals surface area contributed by atoms with Gasteiger partial charge in [0.2, 0.25) is 0 Å². The fourth-order valence-electron chi connectivity index (χ4n) is 5.25. The highest BCUT2D eigenvalue weighted by Gasteiger charge is 2.76. The Labute approximate surface area is 146 Å². The second-order valence-electron chi connectivity index (χ2n) is 8.22. The Kier molecular flexibility index (Phi) is 2.97. The van der Waals surface area contributed by atoms with Gasteiger partial charge >= 0.3 is 7.12 Å². The third kappa shape index (κ3) is 1.78. The predicted octanol–water partition coefficient (Wildman–Crippen LogP) is 3.42. The zero-order valence-corrected chi connectivity index (χ0v) is 15.2. The lowest BCUT2D eigenvalue weighted by Crippen LogP contribution is -2.73. The van der Waals surface area contributed by atoms with E-state index in [9.17, 15) is 0 Å². The zero-order valence-electron chi connectivity index (χ0n) is 14.4. The van der Waals surface area contributed by atoms with E-state index in [1.54, 1.807) is 11.3 Å². The molecule has 0 N–H and O–H groups in total. The van der Waals surface area contributed by atoms with Crippen LogP contribution in [0.15, 0.2) is 23.0 Å². The smallest absolute Gasteiger partial charge is 0.402 e. The first-order valence-corrected chi connectivity index (χ1v) is 9.66. The predicted molar refractivity (Wildman–Crippen MR) is 93.5 cm³/mol. The van der Waals surface area contributed by atoms with Crippen LogP contribution in [-0.4, -0.2) is 33.3 Å². The largest absolute Gasteiger partial charge is 0.481 e. The minimum absolute atomic E-state index is 0.135. The molecule has 0 amide bonds. The maximum atomic E-state index is 6.53. The molecule has 126 valence electrons. The normalized spacial score (nSPS) is 36.5. The van der Waals surface area contributed by atoms with Crippen LogP contribution in [0.3, 0.4) is 0 Å². The van der Waals surface area contributed by atoms with Gasteiger partial charge in [0.25, 0.3) is 0 Å². The van der Waals surface area contributed by atoms with Crippen molar-refractivity contribution in [2.75, 3.05) is 0 Å². The Bertz CT molecular complexity index is 777. The number of aromatic nitrogens is 3. The van der Waals surface area contributed by atoms with E-state index in [1.807, 2.05) is 10.9 Å². The summed E-state index contributed by atoms with van der Waals surface area (Å²) in [5.41, 5.74) is 1.90. The van der Waals surface area contributed by atoms with Gasteiger partial charge in [0.1, 0.15) is 5.69 Å². The Morgan fingerprint density at radius 3 is 2.96 bits per heavy atom. The molecule has 1 aliphatic heterocycles. The summed E-state index contributed by atoms with van der Waals surface area (Å²) in [6.07, 6.45) is 6.03. The molecule has 2 bridgehead atoms. The number of hydrogen-bond donors (Lipinski definition) is 0. The molecule has 6 rings (SSSR count). The van der Waals surface area contributed by atoms with Crippen LogP contribution in [0, 0.1) is 11.3 Å². The quantitative estimate of drug-likeness (QED) is 0.802. The van der Waals surface area contributed by atoms with Gasteiger partial charge in [0.05, 0.1) is 23.8 Å². The average Bonchev–Trinajstić information content (AvgIpc) is 3.23. The average molecular weight is 343 g/mol. The molecule has 4 aliphatic rings. The van der Waals surface area contributed by atoms with E-state index in [1.165, 1.54) is 6.42 Å². The maximum Gasteiger partial charge on any atom is 0.481 e. The molecule has 3 heterocycles. The van der Waals surface area contributed by atoms with Gasteiger partial charge in [-0.2, -0.15) is 11.3 Å². The molecule has 3 unspecified atom stereocenters. The molecule has 0 radical (unpaired) electrons. The molecule has 3 aliphatic carbocycles. The number of nitrogens with zero attached hydrogens (tertiary/aromatic N) is 3. The third-order valence-electron chi connectivity index (χ3n) is 6.84. The van der Waals surface area contributed by atoms with Crippen molar-refractivity contribution in [1.82, 2.24) is 15.0 Å². The van der Waals surface area contributed by atoms with Crippen LogP contribution in [0.4, 0.5) is 0 Å². The van der Waals surface area contributed by atoms with Gasteiger partial charge in [-0.15, -0.1) is 5.10 Å². The van der Waals surface area contributed by atoms with E-state index in [-0.39, 0.29) is 23.7 Å². The van der Waals surface area contributed by atoms with Crippen molar-refractivity contribution in [1.29, 1.82) is 0 Å². The van der Waals surface area contributed by atoms with Crippen LogP contribution >= 0.6 is 11.3 Å². The number of hydrogen-bond acceptors (Lipinski definition) is 5. The number of thiophene rings is 1. The highest BCUT2D eigenvalue weighted by molar-refractivity contribution is 7.08. The van der Waals surface area contributed by atoms with Gasteiger partial charge < -0.3 is 9.31 Å². The minimum atomic E-state index is -0.245. The molecular formula is C17H22BN3O2S. The summed E-state index contributed by atoms with van der Waals surface area (Å²) >= 11 is 1.67. The molecule has 4 fully saturated rings. The topological polar surface area (TPSA) is 49.2 Å². The van der Waals surface area contributed by atoms with E-state index in [0.29, 0.717) is 6.44 Å². The molecule has 7 heteroatoms. The molecule has 2 aromatic heterocycles. The van der Waals surface area contributed by atoms with Gasteiger partial charge in [0.15, 0.2) is 0 Å². The molecule has 1 spiro atoms. The van der Waals surface area contributed by atoms with E-state index in [0.717, 1.165) is 30.0 Å². The summed E-state index contributed by atoms with van der Waals surface area (Å²) < 4.78 is 14.8. The Hall–Kier alpha value is -1.18. The van der Waals surface area contributed by atoms with Crippen molar-refractivity contribution in [3.8, 4) is 11.3 Å². The van der Waals surface area contributed by atoms with E-state index in [4.69, 9.17) is 9.31 Å². The van der Waals surface area contributed by atoms with Gasteiger partial charge in [-0.25, -0.2) is 0 Å². The van der Waals surface area contributed by atoms with Crippen LogP contribution in [0.25, 0.3) is 11.3 Å². The van der Waals surface area contributed by atoms with Gasteiger partial charge in [-0.1, -0.05) is 19.1 Å².